The molecule has 0 aromatic carbocycles. The lowest BCUT2D eigenvalue weighted by atomic mass is 9.78. The Balaban J connectivity index is 2.20. The van der Waals surface area contributed by atoms with Crippen molar-refractivity contribution in [1.29, 1.82) is 0 Å². The Morgan fingerprint density at radius 3 is 2.30 bits per heavy atom. The summed E-state index contributed by atoms with van der Waals surface area (Å²) >= 11 is 0. The van der Waals surface area contributed by atoms with Crippen LogP contribution in [0.3, 0.4) is 0 Å². The molecule has 1 N–H and O–H groups in total. The molecule has 0 bridgehead atoms. The van der Waals surface area contributed by atoms with E-state index in [-0.39, 0.29) is 24.4 Å². The van der Waals surface area contributed by atoms with Crippen molar-refractivity contribution in [3.05, 3.63) is 0 Å². The van der Waals surface area contributed by atoms with E-state index in [2.05, 4.69) is 26.1 Å². The van der Waals surface area contributed by atoms with E-state index in [4.69, 9.17) is 0 Å². The summed E-state index contributed by atoms with van der Waals surface area (Å²) in [6.45, 7) is 6.66. The van der Waals surface area contributed by atoms with Gasteiger partial charge in [0.05, 0.1) is 6.54 Å². The van der Waals surface area contributed by atoms with Crippen LogP contribution in [-0.4, -0.2) is 34.8 Å². The van der Waals surface area contributed by atoms with Crippen molar-refractivity contribution in [3.8, 4) is 0 Å². The average molecular weight is 280 g/mol. The molecule has 20 heavy (non-hydrogen) atoms. The molecular formula is C16H28N2O2. The Morgan fingerprint density at radius 1 is 1.15 bits per heavy atom. The van der Waals surface area contributed by atoms with E-state index in [9.17, 15) is 9.59 Å². The molecule has 2 amide bonds. The van der Waals surface area contributed by atoms with Gasteiger partial charge in [-0.3, -0.25) is 9.59 Å². The van der Waals surface area contributed by atoms with Crippen molar-refractivity contribution in [2.75, 3.05) is 6.54 Å². The van der Waals surface area contributed by atoms with Gasteiger partial charge in [-0.2, -0.15) is 0 Å². The summed E-state index contributed by atoms with van der Waals surface area (Å²) < 4.78 is 0. The quantitative estimate of drug-likeness (QED) is 0.860. The SMILES string of the molecule is CCC(CC)C(C)N1CC(=O)NC2(CCCCC2)C1=O. The molecule has 1 atom stereocenters. The van der Waals surface area contributed by atoms with E-state index >= 15 is 0 Å². The van der Waals surface area contributed by atoms with Gasteiger partial charge in [0.2, 0.25) is 11.8 Å². The van der Waals surface area contributed by atoms with Gasteiger partial charge in [-0.05, 0) is 25.7 Å². The Hall–Kier alpha value is -1.06. The number of hydrogen-bond donors (Lipinski definition) is 1. The summed E-state index contributed by atoms with van der Waals surface area (Å²) in [5, 5.41) is 3.01. The standard InChI is InChI=1S/C16H28N2O2/c1-4-13(5-2)12(3)18-11-14(19)17-16(15(18)20)9-7-6-8-10-16/h12-13H,4-11H2,1-3H3,(H,17,19). The Kier molecular flexibility index (Phi) is 4.71. The number of carbonyl (C=O) groups is 2. The largest absolute Gasteiger partial charge is 0.340 e. The van der Waals surface area contributed by atoms with Gasteiger partial charge in [-0.15, -0.1) is 0 Å². The minimum atomic E-state index is -0.589. The summed E-state index contributed by atoms with van der Waals surface area (Å²) in [6.07, 6.45) is 6.98. The predicted molar refractivity (Wildman–Crippen MR) is 79.2 cm³/mol. The number of nitrogens with zero attached hydrogens (tertiary/aromatic N) is 1. The molecule has 0 aromatic heterocycles. The first-order valence-corrected chi connectivity index (χ1v) is 8.16. The molecule has 2 rings (SSSR count). The summed E-state index contributed by atoms with van der Waals surface area (Å²) in [5.74, 6) is 0.658. The van der Waals surface area contributed by atoms with Crippen LogP contribution in [0.1, 0.15) is 65.7 Å². The first-order valence-electron chi connectivity index (χ1n) is 8.16. The molecule has 1 heterocycles. The van der Waals surface area contributed by atoms with Gasteiger partial charge < -0.3 is 10.2 Å². The number of hydrogen-bond acceptors (Lipinski definition) is 2. The predicted octanol–water partition coefficient (Wildman–Crippen LogP) is 2.47. The molecule has 1 saturated heterocycles. The minimum Gasteiger partial charge on any atom is -0.340 e. The topological polar surface area (TPSA) is 49.4 Å². The summed E-state index contributed by atoms with van der Waals surface area (Å²) in [7, 11) is 0. The van der Waals surface area contributed by atoms with E-state index < -0.39 is 5.54 Å². The van der Waals surface area contributed by atoms with Gasteiger partial charge in [0.1, 0.15) is 5.54 Å². The molecule has 0 aromatic rings. The highest BCUT2D eigenvalue weighted by Gasteiger charge is 2.48. The number of nitrogens with one attached hydrogen (secondary N) is 1. The number of piperazine rings is 1. The van der Waals surface area contributed by atoms with Gasteiger partial charge in [-0.1, -0.05) is 46.0 Å². The average Bonchev–Trinajstić information content (AvgIpc) is 2.45. The first-order chi connectivity index (χ1) is 9.54. The molecule has 1 saturated carbocycles. The monoisotopic (exact) mass is 280 g/mol. The van der Waals surface area contributed by atoms with Crippen LogP contribution < -0.4 is 5.32 Å². The first kappa shape index (κ1) is 15.3. The van der Waals surface area contributed by atoms with Crippen molar-refractivity contribution in [1.82, 2.24) is 10.2 Å². The maximum Gasteiger partial charge on any atom is 0.249 e. The number of rotatable bonds is 4. The molecule has 2 aliphatic rings. The zero-order valence-corrected chi connectivity index (χ0v) is 13.1. The molecule has 1 aliphatic carbocycles. The molecule has 2 fully saturated rings. The van der Waals surface area contributed by atoms with Crippen molar-refractivity contribution in [2.45, 2.75) is 77.3 Å². The highest BCUT2D eigenvalue weighted by atomic mass is 16.2. The molecule has 1 aliphatic heterocycles. The third-order valence-electron chi connectivity index (χ3n) is 5.29. The van der Waals surface area contributed by atoms with Crippen molar-refractivity contribution < 1.29 is 9.59 Å². The zero-order chi connectivity index (χ0) is 14.8. The molecule has 1 spiro atoms. The Labute approximate surface area is 122 Å². The van der Waals surface area contributed by atoms with E-state index in [1.807, 2.05) is 4.90 Å². The third kappa shape index (κ3) is 2.70. The van der Waals surface area contributed by atoms with Crippen LogP contribution in [0.25, 0.3) is 0 Å². The zero-order valence-electron chi connectivity index (χ0n) is 13.1. The van der Waals surface area contributed by atoms with Gasteiger partial charge in [0, 0.05) is 6.04 Å². The molecule has 4 nitrogen and oxygen atoms in total. The molecular weight excluding hydrogens is 252 g/mol. The van der Waals surface area contributed by atoms with Crippen LogP contribution in [-0.2, 0) is 9.59 Å². The Morgan fingerprint density at radius 2 is 1.75 bits per heavy atom. The van der Waals surface area contributed by atoms with Crippen LogP contribution in [0.2, 0.25) is 0 Å². The lowest BCUT2D eigenvalue weighted by molar-refractivity contribution is -0.154. The fourth-order valence-electron chi connectivity index (χ4n) is 3.91. The summed E-state index contributed by atoms with van der Waals surface area (Å²) in [5.41, 5.74) is -0.589. The maximum atomic E-state index is 12.9. The van der Waals surface area contributed by atoms with Crippen LogP contribution >= 0.6 is 0 Å². The number of carbonyl (C=O) groups excluding carboxylic acids is 2. The summed E-state index contributed by atoms with van der Waals surface area (Å²) in [6, 6.07) is 0.155. The van der Waals surface area contributed by atoms with Gasteiger partial charge in [0.25, 0.3) is 0 Å². The molecule has 1 unspecified atom stereocenters. The lowest BCUT2D eigenvalue weighted by Crippen LogP contribution is -2.69. The summed E-state index contributed by atoms with van der Waals surface area (Å²) in [4.78, 5) is 26.9. The molecule has 114 valence electrons. The number of amides is 2. The normalized spacial score (nSPS) is 24.1. The molecule has 0 radical (unpaired) electrons. The third-order valence-corrected chi connectivity index (χ3v) is 5.29. The lowest BCUT2D eigenvalue weighted by Gasteiger charge is -2.47. The van der Waals surface area contributed by atoms with Crippen LogP contribution in [0, 0.1) is 5.92 Å². The second-order valence-corrected chi connectivity index (χ2v) is 6.44. The Bertz CT molecular complexity index is 371. The van der Waals surface area contributed by atoms with Gasteiger partial charge in [0.15, 0.2) is 0 Å². The van der Waals surface area contributed by atoms with Crippen LogP contribution in [0.5, 0.6) is 0 Å². The fraction of sp³-hybridized carbons (Fsp3) is 0.875. The van der Waals surface area contributed by atoms with Crippen molar-refractivity contribution in [3.63, 3.8) is 0 Å². The van der Waals surface area contributed by atoms with E-state index in [1.165, 1.54) is 6.42 Å². The van der Waals surface area contributed by atoms with E-state index in [0.29, 0.717) is 5.92 Å². The minimum absolute atomic E-state index is 0.0179. The smallest absolute Gasteiger partial charge is 0.249 e. The molecule has 4 heteroatoms. The fourth-order valence-corrected chi connectivity index (χ4v) is 3.91. The van der Waals surface area contributed by atoms with Crippen LogP contribution in [0.4, 0.5) is 0 Å². The van der Waals surface area contributed by atoms with E-state index in [0.717, 1.165) is 38.5 Å². The van der Waals surface area contributed by atoms with Crippen LogP contribution in [0.15, 0.2) is 0 Å². The second kappa shape index (κ2) is 6.15. The van der Waals surface area contributed by atoms with Gasteiger partial charge in [-0.25, -0.2) is 0 Å². The van der Waals surface area contributed by atoms with Crippen molar-refractivity contribution >= 4 is 11.8 Å². The van der Waals surface area contributed by atoms with Gasteiger partial charge >= 0.3 is 0 Å². The van der Waals surface area contributed by atoms with E-state index in [1.54, 1.807) is 0 Å². The van der Waals surface area contributed by atoms with Crippen molar-refractivity contribution in [2.24, 2.45) is 5.92 Å². The highest BCUT2D eigenvalue weighted by Crippen LogP contribution is 2.33. The maximum absolute atomic E-state index is 12.9. The highest BCUT2D eigenvalue weighted by molar-refractivity contribution is 5.98. The second-order valence-electron chi connectivity index (χ2n) is 6.44.